The van der Waals surface area contributed by atoms with Crippen LogP contribution in [0, 0.1) is 10.1 Å². The molecule has 0 saturated carbocycles. The molecule has 1 heterocycles. The van der Waals surface area contributed by atoms with E-state index in [4.69, 9.17) is 0 Å². The average molecular weight is 224 g/mol. The minimum absolute atomic E-state index is 0.597. The molecule has 0 fully saturated rings. The van der Waals surface area contributed by atoms with Gasteiger partial charge in [0, 0.05) is 24.0 Å². The van der Waals surface area contributed by atoms with Gasteiger partial charge in [0.2, 0.25) is 0 Å². The Labute approximate surface area is 80.3 Å². The number of hydrogen-bond donors (Lipinski definition) is 0. The number of hydrogen-bond acceptors (Lipinski definition) is 4. The van der Waals surface area contributed by atoms with Crippen LogP contribution in [0.5, 0.6) is 0 Å². The smallest absolute Gasteiger partial charge is 0.258 e. The van der Waals surface area contributed by atoms with Crippen LogP contribution in [-0.4, -0.2) is 15.4 Å². The predicted octanol–water partition coefficient (Wildman–Crippen LogP) is 2.60. The topological polar surface area (TPSA) is 56.0 Å². The molecule has 14 heavy (non-hydrogen) atoms. The summed E-state index contributed by atoms with van der Waals surface area (Å²) in [5, 5.41) is 9.64. The molecule has 0 N–H and O–H groups in total. The van der Waals surface area contributed by atoms with Crippen molar-refractivity contribution in [1.29, 1.82) is 0 Å². The van der Waals surface area contributed by atoms with Crippen LogP contribution in [0.1, 0.15) is 0 Å². The van der Waals surface area contributed by atoms with Crippen molar-refractivity contribution in [1.82, 2.24) is 4.98 Å². The van der Waals surface area contributed by atoms with Gasteiger partial charge in [0.05, 0.1) is 4.92 Å². The molecular formula is C6H3F3N2O2S. The van der Waals surface area contributed by atoms with Gasteiger partial charge in [-0.2, -0.15) is 13.2 Å². The molecule has 76 valence electrons. The maximum atomic E-state index is 11.9. The predicted molar refractivity (Wildman–Crippen MR) is 42.8 cm³/mol. The first kappa shape index (κ1) is 10.8. The lowest BCUT2D eigenvalue weighted by atomic mass is 10.4. The molecule has 0 unspecified atom stereocenters. The van der Waals surface area contributed by atoms with Gasteiger partial charge in [-0.1, -0.05) is 0 Å². The Bertz CT molecular complexity index is 355. The van der Waals surface area contributed by atoms with E-state index >= 15 is 0 Å². The number of thioether (sulfide) groups is 1. The largest absolute Gasteiger partial charge is 0.448 e. The molecule has 0 aliphatic rings. The molecule has 0 spiro atoms. The van der Waals surface area contributed by atoms with E-state index in [1.54, 1.807) is 0 Å². The van der Waals surface area contributed by atoms with Crippen molar-refractivity contribution in [3.63, 3.8) is 0 Å². The minimum Gasteiger partial charge on any atom is -0.258 e. The molecule has 0 amide bonds. The van der Waals surface area contributed by atoms with Crippen molar-refractivity contribution < 1.29 is 18.1 Å². The van der Waals surface area contributed by atoms with E-state index in [0.29, 0.717) is 0 Å². The molecule has 0 aliphatic carbocycles. The molecule has 0 radical (unpaired) electrons. The minimum atomic E-state index is -4.57. The third-order valence-corrected chi connectivity index (χ3v) is 1.90. The Morgan fingerprint density at radius 1 is 1.50 bits per heavy atom. The standard InChI is InChI=1S/C6H3F3N2O2S/c7-6(8,9)14-5-4(11(12)13)2-1-3-10-5/h1-3H. The summed E-state index contributed by atoms with van der Waals surface area (Å²) in [4.78, 5) is 12.7. The van der Waals surface area contributed by atoms with E-state index < -0.39 is 32.9 Å². The van der Waals surface area contributed by atoms with E-state index in [2.05, 4.69) is 4.98 Å². The van der Waals surface area contributed by atoms with Gasteiger partial charge in [0.1, 0.15) is 0 Å². The number of nitro groups is 1. The third kappa shape index (κ3) is 2.87. The molecule has 8 heteroatoms. The highest BCUT2D eigenvalue weighted by molar-refractivity contribution is 8.00. The van der Waals surface area contributed by atoms with Crippen LogP contribution in [0.25, 0.3) is 0 Å². The lowest BCUT2D eigenvalue weighted by Gasteiger charge is -2.03. The summed E-state index contributed by atoms with van der Waals surface area (Å²) >= 11 is -0.597. The van der Waals surface area contributed by atoms with Crippen molar-refractivity contribution >= 4 is 17.4 Å². The zero-order chi connectivity index (χ0) is 10.8. The van der Waals surface area contributed by atoms with Crippen LogP contribution in [-0.2, 0) is 0 Å². The Kier molecular flexibility index (Phi) is 2.94. The summed E-state index contributed by atoms with van der Waals surface area (Å²) < 4.78 is 35.7. The molecule has 1 aromatic heterocycles. The second-order valence-corrected chi connectivity index (χ2v) is 3.19. The molecule has 0 aromatic carbocycles. The van der Waals surface area contributed by atoms with Crippen LogP contribution < -0.4 is 0 Å². The molecule has 0 aliphatic heterocycles. The normalized spacial score (nSPS) is 11.4. The zero-order valence-electron chi connectivity index (χ0n) is 6.49. The van der Waals surface area contributed by atoms with Crippen LogP contribution in [0.2, 0.25) is 0 Å². The van der Waals surface area contributed by atoms with Crippen molar-refractivity contribution in [3.8, 4) is 0 Å². The fraction of sp³-hybridized carbons (Fsp3) is 0.167. The number of alkyl halides is 3. The summed E-state index contributed by atoms with van der Waals surface area (Å²) in [6.45, 7) is 0. The van der Waals surface area contributed by atoms with Gasteiger partial charge in [0.15, 0.2) is 5.03 Å². The SMILES string of the molecule is O=[N+]([O-])c1cccnc1SC(F)(F)F. The van der Waals surface area contributed by atoms with Crippen molar-refractivity contribution in [2.24, 2.45) is 0 Å². The number of nitrogens with zero attached hydrogens (tertiary/aromatic N) is 2. The van der Waals surface area contributed by atoms with Gasteiger partial charge in [-0.25, -0.2) is 4.98 Å². The molecule has 1 aromatic rings. The van der Waals surface area contributed by atoms with Gasteiger partial charge in [-0.15, -0.1) is 0 Å². The second-order valence-electron chi connectivity index (χ2n) is 2.13. The first-order valence-electron chi connectivity index (χ1n) is 3.25. The fourth-order valence-electron chi connectivity index (χ4n) is 0.710. The number of aromatic nitrogens is 1. The maximum absolute atomic E-state index is 11.9. The molecule has 1 rings (SSSR count). The summed E-state index contributed by atoms with van der Waals surface area (Å²) in [7, 11) is 0. The third-order valence-electron chi connectivity index (χ3n) is 1.16. The van der Waals surface area contributed by atoms with Gasteiger partial charge in [0.25, 0.3) is 0 Å². The van der Waals surface area contributed by atoms with Gasteiger partial charge >= 0.3 is 11.2 Å². The first-order valence-corrected chi connectivity index (χ1v) is 4.07. The Hall–Kier alpha value is -1.31. The van der Waals surface area contributed by atoms with E-state index in [9.17, 15) is 23.3 Å². The first-order chi connectivity index (χ1) is 6.40. The quantitative estimate of drug-likeness (QED) is 0.440. The molecule has 4 nitrogen and oxygen atoms in total. The summed E-state index contributed by atoms with van der Waals surface area (Å²) in [5.41, 5.74) is -5.21. The van der Waals surface area contributed by atoms with E-state index in [0.717, 1.165) is 12.3 Å². The van der Waals surface area contributed by atoms with Crippen LogP contribution in [0.3, 0.4) is 0 Å². The van der Waals surface area contributed by atoms with Gasteiger partial charge < -0.3 is 0 Å². The second kappa shape index (κ2) is 3.82. The van der Waals surface area contributed by atoms with Crippen molar-refractivity contribution in [2.75, 3.05) is 0 Å². The molecule has 0 saturated heterocycles. The van der Waals surface area contributed by atoms with E-state index in [1.807, 2.05) is 0 Å². The molecule has 0 atom stereocenters. The Balaban J connectivity index is 3.02. The lowest BCUT2D eigenvalue weighted by molar-refractivity contribution is -0.388. The average Bonchev–Trinajstić information content (AvgIpc) is 2.01. The monoisotopic (exact) mass is 224 g/mol. The number of pyridine rings is 1. The van der Waals surface area contributed by atoms with E-state index in [1.165, 1.54) is 6.07 Å². The van der Waals surface area contributed by atoms with Crippen LogP contribution in [0.15, 0.2) is 23.4 Å². The number of rotatable bonds is 2. The fourth-order valence-corrected chi connectivity index (χ4v) is 1.29. The van der Waals surface area contributed by atoms with Crippen LogP contribution >= 0.6 is 11.8 Å². The Morgan fingerprint density at radius 2 is 2.14 bits per heavy atom. The molecular weight excluding hydrogens is 221 g/mol. The lowest BCUT2D eigenvalue weighted by Crippen LogP contribution is -2.02. The number of halogens is 3. The Morgan fingerprint density at radius 3 is 2.64 bits per heavy atom. The molecule has 0 bridgehead atoms. The summed E-state index contributed by atoms with van der Waals surface area (Å²) in [6.07, 6.45) is 1.07. The summed E-state index contributed by atoms with van der Waals surface area (Å²) in [5.74, 6) is 0. The zero-order valence-corrected chi connectivity index (χ0v) is 7.30. The van der Waals surface area contributed by atoms with Gasteiger partial charge in [-0.3, -0.25) is 10.1 Å². The van der Waals surface area contributed by atoms with Gasteiger partial charge in [-0.05, 0) is 6.07 Å². The van der Waals surface area contributed by atoms with Crippen LogP contribution in [0.4, 0.5) is 18.9 Å². The summed E-state index contributed by atoms with van der Waals surface area (Å²) in [6, 6.07) is 2.18. The van der Waals surface area contributed by atoms with Crippen molar-refractivity contribution in [2.45, 2.75) is 10.5 Å². The van der Waals surface area contributed by atoms with Crippen molar-refractivity contribution in [3.05, 3.63) is 28.4 Å². The maximum Gasteiger partial charge on any atom is 0.448 e. The highest BCUT2D eigenvalue weighted by atomic mass is 32.2. The highest BCUT2D eigenvalue weighted by Crippen LogP contribution is 2.39. The highest BCUT2D eigenvalue weighted by Gasteiger charge is 2.33. The van der Waals surface area contributed by atoms with E-state index in [-0.39, 0.29) is 0 Å².